The van der Waals surface area contributed by atoms with E-state index in [9.17, 15) is 9.90 Å². The van der Waals surface area contributed by atoms with Gasteiger partial charge < -0.3 is 15.3 Å². The lowest BCUT2D eigenvalue weighted by Gasteiger charge is -2.29. The molecule has 0 radical (unpaired) electrons. The molecule has 1 atom stereocenters. The summed E-state index contributed by atoms with van der Waals surface area (Å²) in [7, 11) is 0. The molecule has 1 aliphatic rings. The number of β-amino-alcohol motifs (C(OH)–C–C–N with tert-alkyl or cyclic N) is 1. The number of rotatable bonds is 4. The Balaban J connectivity index is 2.05. The third kappa shape index (κ3) is 3.67. The molecule has 1 aromatic rings. The Hall–Kier alpha value is -1.62. The maximum absolute atomic E-state index is 12.3. The van der Waals surface area contributed by atoms with Crippen molar-refractivity contribution in [1.29, 1.82) is 0 Å². The van der Waals surface area contributed by atoms with Gasteiger partial charge in [0, 0.05) is 19.6 Å². The minimum atomic E-state index is -0.404. The van der Waals surface area contributed by atoms with Gasteiger partial charge in [0.15, 0.2) is 0 Å². The number of likely N-dealkylation sites (tertiary alicyclic amines) is 1. The molecule has 2 rings (SSSR count). The molecule has 0 saturated carbocycles. The Morgan fingerprint density at radius 2 is 2.42 bits per heavy atom. The van der Waals surface area contributed by atoms with Crippen LogP contribution in [-0.4, -0.2) is 46.6 Å². The summed E-state index contributed by atoms with van der Waals surface area (Å²) in [5.74, 6) is 0.629. The fraction of sp³-hybridized carbons (Fsp3) is 0.571. The number of hydrogen-bond donors (Lipinski definition) is 2. The highest BCUT2D eigenvalue weighted by molar-refractivity contribution is 5.92. The molecule has 19 heavy (non-hydrogen) atoms. The molecule has 2 heterocycles. The maximum Gasteiger partial charge on any atom is 0.272 e. The molecule has 104 valence electrons. The number of pyridine rings is 1. The molecule has 1 aliphatic heterocycles. The number of amides is 1. The molecule has 1 fully saturated rings. The van der Waals surface area contributed by atoms with E-state index in [0.29, 0.717) is 18.8 Å². The summed E-state index contributed by atoms with van der Waals surface area (Å²) >= 11 is 0. The van der Waals surface area contributed by atoms with Crippen molar-refractivity contribution >= 4 is 11.7 Å². The number of nitrogens with one attached hydrogen (secondary N) is 1. The van der Waals surface area contributed by atoms with Crippen molar-refractivity contribution in [2.45, 2.75) is 32.3 Å². The molecule has 5 nitrogen and oxygen atoms in total. The number of anilines is 1. The molecule has 1 saturated heterocycles. The van der Waals surface area contributed by atoms with Crippen LogP contribution in [0.1, 0.15) is 36.7 Å². The Morgan fingerprint density at radius 1 is 1.58 bits per heavy atom. The molecular weight excluding hydrogens is 242 g/mol. The third-order valence-corrected chi connectivity index (χ3v) is 3.21. The van der Waals surface area contributed by atoms with Crippen LogP contribution in [0.4, 0.5) is 5.82 Å². The Morgan fingerprint density at radius 3 is 3.16 bits per heavy atom. The molecule has 1 aromatic heterocycles. The quantitative estimate of drug-likeness (QED) is 0.864. The van der Waals surface area contributed by atoms with E-state index >= 15 is 0 Å². The Kier molecular flexibility index (Phi) is 4.74. The van der Waals surface area contributed by atoms with E-state index in [0.717, 1.165) is 31.6 Å². The fourth-order valence-electron chi connectivity index (χ4n) is 2.21. The molecule has 2 N–H and O–H groups in total. The number of piperidine rings is 1. The van der Waals surface area contributed by atoms with E-state index in [-0.39, 0.29) is 5.91 Å². The maximum atomic E-state index is 12.3. The van der Waals surface area contributed by atoms with Gasteiger partial charge in [0.05, 0.1) is 6.10 Å². The summed E-state index contributed by atoms with van der Waals surface area (Å²) in [5, 5.41) is 12.8. The van der Waals surface area contributed by atoms with E-state index in [2.05, 4.69) is 17.2 Å². The van der Waals surface area contributed by atoms with Gasteiger partial charge in [-0.1, -0.05) is 13.0 Å². The highest BCUT2D eigenvalue weighted by atomic mass is 16.3. The van der Waals surface area contributed by atoms with Crippen LogP contribution < -0.4 is 5.32 Å². The van der Waals surface area contributed by atoms with Crippen LogP contribution in [0.2, 0.25) is 0 Å². The average Bonchev–Trinajstić information content (AvgIpc) is 2.44. The summed E-state index contributed by atoms with van der Waals surface area (Å²) in [6.45, 7) is 4.03. The molecule has 1 amide bonds. The standard InChI is InChI=1S/C14H21N3O2/c1-2-8-15-13-7-3-6-12(16-13)14(19)17-9-4-5-11(18)10-17/h3,6-7,11,18H,2,4-5,8-10H2,1H3,(H,15,16). The van der Waals surface area contributed by atoms with Gasteiger partial charge in [-0.2, -0.15) is 0 Å². The minimum absolute atomic E-state index is 0.0982. The second kappa shape index (κ2) is 6.52. The highest BCUT2D eigenvalue weighted by Gasteiger charge is 2.23. The topological polar surface area (TPSA) is 65.5 Å². The van der Waals surface area contributed by atoms with E-state index in [1.54, 1.807) is 11.0 Å². The summed E-state index contributed by atoms with van der Waals surface area (Å²) in [6, 6.07) is 5.41. The Labute approximate surface area is 113 Å². The lowest BCUT2D eigenvalue weighted by molar-refractivity contribution is 0.0469. The van der Waals surface area contributed by atoms with Crippen molar-refractivity contribution in [3.8, 4) is 0 Å². The van der Waals surface area contributed by atoms with Crippen molar-refractivity contribution in [3.05, 3.63) is 23.9 Å². The van der Waals surface area contributed by atoms with Gasteiger partial charge in [-0.05, 0) is 31.4 Å². The van der Waals surface area contributed by atoms with Crippen molar-refractivity contribution < 1.29 is 9.90 Å². The van der Waals surface area contributed by atoms with Crippen molar-refractivity contribution in [2.24, 2.45) is 0 Å². The normalized spacial score (nSPS) is 19.3. The first kappa shape index (κ1) is 13.8. The van der Waals surface area contributed by atoms with Crippen LogP contribution in [0.25, 0.3) is 0 Å². The zero-order valence-electron chi connectivity index (χ0n) is 11.3. The van der Waals surface area contributed by atoms with Crippen LogP contribution in [0.5, 0.6) is 0 Å². The highest BCUT2D eigenvalue weighted by Crippen LogP contribution is 2.14. The van der Waals surface area contributed by atoms with Crippen LogP contribution in [-0.2, 0) is 0 Å². The summed E-state index contributed by atoms with van der Waals surface area (Å²) in [6.07, 6.45) is 2.23. The first-order valence-electron chi connectivity index (χ1n) is 6.89. The summed E-state index contributed by atoms with van der Waals surface area (Å²) < 4.78 is 0. The molecule has 0 aliphatic carbocycles. The fourth-order valence-corrected chi connectivity index (χ4v) is 2.21. The zero-order valence-corrected chi connectivity index (χ0v) is 11.3. The number of hydrogen-bond acceptors (Lipinski definition) is 4. The minimum Gasteiger partial charge on any atom is -0.391 e. The molecule has 0 spiro atoms. The van der Waals surface area contributed by atoms with Crippen molar-refractivity contribution in [3.63, 3.8) is 0 Å². The number of aliphatic hydroxyl groups excluding tert-OH is 1. The molecule has 5 heteroatoms. The zero-order chi connectivity index (χ0) is 13.7. The molecule has 1 unspecified atom stereocenters. The molecule has 0 bridgehead atoms. The third-order valence-electron chi connectivity index (χ3n) is 3.21. The number of aromatic nitrogens is 1. The molecular formula is C14H21N3O2. The average molecular weight is 263 g/mol. The smallest absolute Gasteiger partial charge is 0.272 e. The second-order valence-electron chi connectivity index (χ2n) is 4.88. The van der Waals surface area contributed by atoms with Crippen molar-refractivity contribution in [2.75, 3.05) is 25.0 Å². The lowest BCUT2D eigenvalue weighted by atomic mass is 10.1. The van der Waals surface area contributed by atoms with Gasteiger partial charge in [0.25, 0.3) is 5.91 Å². The number of nitrogens with zero attached hydrogens (tertiary/aromatic N) is 2. The predicted octanol–water partition coefficient (Wildman–Crippen LogP) is 1.50. The van der Waals surface area contributed by atoms with Gasteiger partial charge in [0.1, 0.15) is 11.5 Å². The first-order chi connectivity index (χ1) is 9.20. The van der Waals surface area contributed by atoms with Gasteiger partial charge in [-0.3, -0.25) is 4.79 Å². The summed E-state index contributed by atoms with van der Waals surface area (Å²) in [4.78, 5) is 18.3. The van der Waals surface area contributed by atoms with Gasteiger partial charge >= 0.3 is 0 Å². The monoisotopic (exact) mass is 263 g/mol. The lowest BCUT2D eigenvalue weighted by Crippen LogP contribution is -2.42. The van der Waals surface area contributed by atoms with Crippen LogP contribution in [0, 0.1) is 0 Å². The van der Waals surface area contributed by atoms with Gasteiger partial charge in [-0.15, -0.1) is 0 Å². The predicted molar refractivity (Wildman–Crippen MR) is 74.2 cm³/mol. The van der Waals surface area contributed by atoms with E-state index < -0.39 is 6.10 Å². The number of carbonyl (C=O) groups excluding carboxylic acids is 1. The second-order valence-corrected chi connectivity index (χ2v) is 4.88. The van der Waals surface area contributed by atoms with Crippen LogP contribution in [0.15, 0.2) is 18.2 Å². The van der Waals surface area contributed by atoms with Crippen LogP contribution in [0.3, 0.4) is 0 Å². The molecule has 0 aromatic carbocycles. The van der Waals surface area contributed by atoms with E-state index in [1.807, 2.05) is 12.1 Å². The largest absolute Gasteiger partial charge is 0.391 e. The Bertz CT molecular complexity index is 436. The van der Waals surface area contributed by atoms with Crippen molar-refractivity contribution in [1.82, 2.24) is 9.88 Å². The van der Waals surface area contributed by atoms with Gasteiger partial charge in [0.2, 0.25) is 0 Å². The SMILES string of the molecule is CCCNc1cccc(C(=O)N2CCCC(O)C2)n1. The van der Waals surface area contributed by atoms with E-state index in [1.165, 1.54) is 0 Å². The number of carbonyl (C=O) groups is 1. The van der Waals surface area contributed by atoms with E-state index in [4.69, 9.17) is 0 Å². The van der Waals surface area contributed by atoms with Gasteiger partial charge in [-0.25, -0.2) is 4.98 Å². The van der Waals surface area contributed by atoms with Crippen LogP contribution >= 0.6 is 0 Å². The number of aliphatic hydroxyl groups is 1. The summed E-state index contributed by atoms with van der Waals surface area (Å²) in [5.41, 5.74) is 0.440. The first-order valence-corrected chi connectivity index (χ1v) is 6.89.